The van der Waals surface area contributed by atoms with E-state index >= 15 is 0 Å². The first kappa shape index (κ1) is 27.9. The Balaban J connectivity index is 1.23. The molecule has 51 heavy (non-hydrogen) atoms. The monoisotopic (exact) mass is 654 g/mol. The molecule has 0 N–H and O–H groups in total. The van der Waals surface area contributed by atoms with Gasteiger partial charge in [-0.05, 0) is 42.5 Å². The van der Waals surface area contributed by atoms with Gasteiger partial charge in [-0.25, -0.2) is 15.0 Å². The molecular formula is C45H26N4O2. The van der Waals surface area contributed by atoms with Crippen molar-refractivity contribution >= 4 is 65.7 Å². The summed E-state index contributed by atoms with van der Waals surface area (Å²) in [5.41, 5.74) is 9.04. The summed E-state index contributed by atoms with van der Waals surface area (Å²) < 4.78 is 15.7. The van der Waals surface area contributed by atoms with Crippen LogP contribution in [-0.2, 0) is 0 Å². The topological polar surface area (TPSA) is 69.9 Å². The summed E-state index contributed by atoms with van der Waals surface area (Å²) in [5, 5.41) is 6.43. The van der Waals surface area contributed by atoms with Gasteiger partial charge in [0.2, 0.25) is 0 Å². The second-order valence-electron chi connectivity index (χ2n) is 12.8. The minimum atomic E-state index is 0.546. The number of hydrogen-bond donors (Lipinski definition) is 0. The Bertz CT molecular complexity index is 3080. The molecular weight excluding hydrogens is 629 g/mol. The second-order valence-corrected chi connectivity index (χ2v) is 12.8. The zero-order valence-electron chi connectivity index (χ0n) is 27.1. The zero-order chi connectivity index (χ0) is 33.5. The van der Waals surface area contributed by atoms with Crippen LogP contribution < -0.4 is 0 Å². The van der Waals surface area contributed by atoms with E-state index in [2.05, 4.69) is 77.4 Å². The first-order valence-corrected chi connectivity index (χ1v) is 17.0. The lowest BCUT2D eigenvalue weighted by molar-refractivity contribution is 0.669. The van der Waals surface area contributed by atoms with Crippen LogP contribution in [0, 0.1) is 0 Å². The number of hydrogen-bond acceptors (Lipinski definition) is 5. The molecule has 0 amide bonds. The molecule has 4 heterocycles. The van der Waals surface area contributed by atoms with E-state index in [1.165, 1.54) is 0 Å². The quantitative estimate of drug-likeness (QED) is 0.189. The van der Waals surface area contributed by atoms with Crippen LogP contribution >= 0.6 is 0 Å². The van der Waals surface area contributed by atoms with E-state index in [-0.39, 0.29) is 0 Å². The van der Waals surface area contributed by atoms with Crippen molar-refractivity contribution in [3.05, 3.63) is 158 Å². The lowest BCUT2D eigenvalue weighted by Gasteiger charge is -2.12. The highest BCUT2D eigenvalue weighted by Crippen LogP contribution is 2.44. The summed E-state index contributed by atoms with van der Waals surface area (Å²) in [7, 11) is 0. The van der Waals surface area contributed by atoms with E-state index < -0.39 is 0 Å². The van der Waals surface area contributed by atoms with Crippen molar-refractivity contribution in [1.29, 1.82) is 0 Å². The van der Waals surface area contributed by atoms with Gasteiger partial charge in [0.25, 0.3) is 0 Å². The highest BCUT2D eigenvalue weighted by atomic mass is 16.3. The minimum Gasteiger partial charge on any atom is -0.455 e. The number of benzene rings is 7. The third-order valence-corrected chi connectivity index (χ3v) is 9.87. The van der Waals surface area contributed by atoms with Gasteiger partial charge in [-0.1, -0.05) is 115 Å². The van der Waals surface area contributed by atoms with Crippen molar-refractivity contribution in [3.63, 3.8) is 0 Å². The molecule has 0 unspecified atom stereocenters. The molecule has 0 radical (unpaired) electrons. The van der Waals surface area contributed by atoms with Gasteiger partial charge in [0, 0.05) is 32.7 Å². The fourth-order valence-corrected chi connectivity index (χ4v) is 7.60. The molecule has 0 aliphatic rings. The Hall–Kier alpha value is -7.05. The molecule has 4 aromatic heterocycles. The standard InChI is InChI=1S/C45H26N4O2/c1-3-13-27(14-4-1)43-46-44(28-15-5-2-6-16-28)48-45(47-43)33-24-26-36(40-32-19-9-12-22-38(32)51-42(33)40)49-34-20-10-7-18-31(34)39-35(49)25-23-30-29-17-8-11-21-37(29)50-41(30)39/h1-26H. The molecule has 6 heteroatoms. The number of rotatable bonds is 4. The maximum atomic E-state index is 6.77. The van der Waals surface area contributed by atoms with E-state index in [4.69, 9.17) is 23.8 Å². The zero-order valence-corrected chi connectivity index (χ0v) is 27.1. The molecule has 238 valence electrons. The number of aromatic nitrogens is 4. The normalized spacial score (nSPS) is 11.9. The van der Waals surface area contributed by atoms with Crippen LogP contribution in [0.15, 0.2) is 167 Å². The molecule has 0 spiro atoms. The fourth-order valence-electron chi connectivity index (χ4n) is 7.60. The van der Waals surface area contributed by atoms with Crippen LogP contribution in [0.3, 0.4) is 0 Å². The average Bonchev–Trinajstić information content (AvgIpc) is 3.88. The molecule has 7 aromatic carbocycles. The molecule has 0 aliphatic carbocycles. The van der Waals surface area contributed by atoms with E-state index in [0.29, 0.717) is 23.1 Å². The summed E-state index contributed by atoms with van der Waals surface area (Å²) in [6.07, 6.45) is 0. The van der Waals surface area contributed by atoms with Gasteiger partial charge >= 0.3 is 0 Å². The Labute approximate surface area is 290 Å². The Kier molecular flexibility index (Phi) is 5.86. The van der Waals surface area contributed by atoms with Crippen LogP contribution in [0.2, 0.25) is 0 Å². The van der Waals surface area contributed by atoms with Crippen LogP contribution in [0.4, 0.5) is 0 Å². The number of nitrogens with zero attached hydrogens (tertiary/aromatic N) is 4. The van der Waals surface area contributed by atoms with Gasteiger partial charge in [-0.3, -0.25) is 0 Å². The highest BCUT2D eigenvalue weighted by Gasteiger charge is 2.24. The van der Waals surface area contributed by atoms with Crippen molar-refractivity contribution in [1.82, 2.24) is 19.5 Å². The van der Waals surface area contributed by atoms with Gasteiger partial charge < -0.3 is 13.4 Å². The number of fused-ring (bicyclic) bond motifs is 10. The molecule has 0 bridgehead atoms. The second kappa shape index (κ2) is 10.7. The van der Waals surface area contributed by atoms with Crippen molar-refractivity contribution in [2.75, 3.05) is 0 Å². The lowest BCUT2D eigenvalue weighted by Crippen LogP contribution is -2.01. The Morgan fingerprint density at radius 3 is 1.67 bits per heavy atom. The minimum absolute atomic E-state index is 0.546. The summed E-state index contributed by atoms with van der Waals surface area (Å²) in [4.78, 5) is 15.1. The third-order valence-electron chi connectivity index (χ3n) is 9.87. The summed E-state index contributed by atoms with van der Waals surface area (Å²) in [6, 6.07) is 53.7. The van der Waals surface area contributed by atoms with Gasteiger partial charge in [-0.2, -0.15) is 0 Å². The number of para-hydroxylation sites is 3. The molecule has 11 aromatic rings. The average molecular weight is 655 g/mol. The maximum Gasteiger partial charge on any atom is 0.167 e. The molecule has 0 saturated heterocycles. The van der Waals surface area contributed by atoms with Gasteiger partial charge in [0.15, 0.2) is 17.5 Å². The fraction of sp³-hybridized carbons (Fsp3) is 0. The summed E-state index contributed by atoms with van der Waals surface area (Å²) in [5.74, 6) is 1.75. The summed E-state index contributed by atoms with van der Waals surface area (Å²) >= 11 is 0. The first-order valence-electron chi connectivity index (χ1n) is 17.0. The van der Waals surface area contributed by atoms with Crippen LogP contribution in [0.1, 0.15) is 0 Å². The number of furan rings is 2. The van der Waals surface area contributed by atoms with Gasteiger partial charge in [-0.15, -0.1) is 0 Å². The van der Waals surface area contributed by atoms with Crippen molar-refractivity contribution in [2.24, 2.45) is 0 Å². The van der Waals surface area contributed by atoms with Gasteiger partial charge in [0.1, 0.15) is 22.3 Å². The van der Waals surface area contributed by atoms with E-state index in [9.17, 15) is 0 Å². The van der Waals surface area contributed by atoms with Crippen LogP contribution in [0.5, 0.6) is 0 Å². The largest absolute Gasteiger partial charge is 0.455 e. The predicted molar refractivity (Wildman–Crippen MR) is 205 cm³/mol. The predicted octanol–water partition coefficient (Wildman–Crippen LogP) is 11.8. The van der Waals surface area contributed by atoms with Crippen molar-refractivity contribution < 1.29 is 8.83 Å². The maximum absolute atomic E-state index is 6.77. The molecule has 6 nitrogen and oxygen atoms in total. The van der Waals surface area contributed by atoms with Crippen molar-refractivity contribution in [2.45, 2.75) is 0 Å². The lowest BCUT2D eigenvalue weighted by atomic mass is 10.1. The smallest absolute Gasteiger partial charge is 0.167 e. The first-order chi connectivity index (χ1) is 25.3. The van der Waals surface area contributed by atoms with Crippen molar-refractivity contribution in [3.8, 4) is 39.9 Å². The van der Waals surface area contributed by atoms with Crippen LogP contribution in [0.25, 0.3) is 106 Å². The van der Waals surface area contributed by atoms with E-state index in [1.807, 2.05) is 84.9 Å². The van der Waals surface area contributed by atoms with Gasteiger partial charge in [0.05, 0.1) is 33.1 Å². The third kappa shape index (κ3) is 4.14. The summed E-state index contributed by atoms with van der Waals surface area (Å²) in [6.45, 7) is 0. The molecule has 0 saturated carbocycles. The van der Waals surface area contributed by atoms with E-state index in [1.54, 1.807) is 0 Å². The van der Waals surface area contributed by atoms with E-state index in [0.717, 1.165) is 82.5 Å². The van der Waals surface area contributed by atoms with Crippen LogP contribution in [-0.4, -0.2) is 19.5 Å². The Morgan fingerprint density at radius 2 is 0.941 bits per heavy atom. The molecule has 0 aliphatic heterocycles. The molecule has 11 rings (SSSR count). The molecule has 0 atom stereocenters. The molecule has 0 fully saturated rings. The Morgan fingerprint density at radius 1 is 0.373 bits per heavy atom. The highest BCUT2D eigenvalue weighted by molar-refractivity contribution is 6.25. The SMILES string of the molecule is c1ccc(-c2nc(-c3ccccc3)nc(-c3ccc(-n4c5ccccc5c5c6oc7ccccc7c6ccc54)c4c3oc3ccccc34)n2)cc1.